The monoisotopic (exact) mass is 389 g/mol. The summed E-state index contributed by atoms with van der Waals surface area (Å²) in [5, 5.41) is 0. The molecule has 26 heavy (non-hydrogen) atoms. The van der Waals surface area contributed by atoms with Gasteiger partial charge < -0.3 is 14.5 Å². The fourth-order valence-electron chi connectivity index (χ4n) is 3.35. The van der Waals surface area contributed by atoms with Crippen LogP contribution >= 0.6 is 0 Å². The van der Waals surface area contributed by atoms with Crippen LogP contribution in [0.4, 0.5) is 0 Å². The highest BCUT2D eigenvalue weighted by molar-refractivity contribution is 7.91. The van der Waals surface area contributed by atoms with Crippen LogP contribution in [0.5, 0.6) is 0 Å². The Balaban J connectivity index is 1.87. The van der Waals surface area contributed by atoms with Gasteiger partial charge in [0.05, 0.1) is 24.2 Å². The van der Waals surface area contributed by atoms with Crippen molar-refractivity contribution in [3.63, 3.8) is 0 Å². The normalized spacial score (nSPS) is 24.1. The Morgan fingerprint density at radius 3 is 2.31 bits per heavy atom. The molecule has 2 saturated heterocycles. The summed E-state index contributed by atoms with van der Waals surface area (Å²) in [5.74, 6) is -1.49. The van der Waals surface area contributed by atoms with Crippen molar-refractivity contribution in [2.75, 3.05) is 51.3 Å². The Morgan fingerprint density at radius 2 is 1.81 bits per heavy atom. The summed E-state index contributed by atoms with van der Waals surface area (Å²) < 4.78 is 28.0. The van der Waals surface area contributed by atoms with Crippen LogP contribution in [0.3, 0.4) is 0 Å². The molecule has 0 bridgehead atoms. The van der Waals surface area contributed by atoms with E-state index in [1.165, 1.54) is 9.80 Å². The first kappa shape index (κ1) is 20.6. The number of sulfone groups is 1. The number of nitrogens with zero attached hydrogens (tertiary/aromatic N) is 3. The zero-order valence-electron chi connectivity index (χ0n) is 15.5. The van der Waals surface area contributed by atoms with Gasteiger partial charge in [-0.3, -0.25) is 14.5 Å². The largest absolute Gasteiger partial charge is 0.459 e. The van der Waals surface area contributed by atoms with Crippen LogP contribution in [0, 0.1) is 0 Å². The molecule has 2 amide bonds. The first-order valence-corrected chi connectivity index (χ1v) is 10.7. The first-order chi connectivity index (χ1) is 12.2. The predicted octanol–water partition coefficient (Wildman–Crippen LogP) is -1.27. The molecule has 0 aromatic rings. The summed E-state index contributed by atoms with van der Waals surface area (Å²) in [4.78, 5) is 41.0. The Labute approximate surface area is 154 Å². The first-order valence-electron chi connectivity index (χ1n) is 8.83. The summed E-state index contributed by atoms with van der Waals surface area (Å²) in [6.45, 7) is 5.20. The number of ether oxygens (including phenoxy) is 1. The van der Waals surface area contributed by atoms with E-state index in [1.807, 2.05) is 4.90 Å². The average molecular weight is 389 g/mol. The Bertz CT molecular complexity index is 657. The molecule has 0 spiro atoms. The molecule has 0 aromatic carbocycles. The lowest BCUT2D eigenvalue weighted by Gasteiger charge is -2.38. The van der Waals surface area contributed by atoms with Gasteiger partial charge in [0, 0.05) is 39.3 Å². The van der Waals surface area contributed by atoms with Gasteiger partial charge in [-0.15, -0.1) is 0 Å². The minimum atomic E-state index is -3.05. The summed E-state index contributed by atoms with van der Waals surface area (Å²) in [7, 11) is -1.41. The van der Waals surface area contributed by atoms with Crippen molar-refractivity contribution in [3.05, 3.63) is 0 Å². The summed E-state index contributed by atoms with van der Waals surface area (Å²) in [5.41, 5.74) is 0. The molecule has 2 aliphatic rings. The second-order valence-corrected chi connectivity index (χ2v) is 8.96. The standard InChI is InChI=1S/C16H27N3O6S/c1-4-25-16(22)15(21)19-8-6-18(7-9-19)12(2)14(20)17(3)13-5-10-26(23,24)11-13/h12-13H,4-11H2,1-3H3/t12-,13-/m0/s1. The fourth-order valence-corrected chi connectivity index (χ4v) is 5.12. The topological polar surface area (TPSA) is 104 Å². The minimum absolute atomic E-state index is 0.0176. The number of carbonyl (C=O) groups excluding carboxylic acids is 3. The highest BCUT2D eigenvalue weighted by Crippen LogP contribution is 2.18. The number of piperazine rings is 1. The van der Waals surface area contributed by atoms with E-state index in [0.717, 1.165) is 0 Å². The van der Waals surface area contributed by atoms with E-state index in [4.69, 9.17) is 4.74 Å². The summed E-state index contributed by atoms with van der Waals surface area (Å²) in [6, 6.07) is -0.690. The molecule has 0 unspecified atom stereocenters. The second kappa shape index (κ2) is 8.34. The molecule has 2 rings (SSSR count). The van der Waals surface area contributed by atoms with Gasteiger partial charge in [0.2, 0.25) is 5.91 Å². The molecule has 0 aliphatic carbocycles. The van der Waals surface area contributed by atoms with Gasteiger partial charge in [-0.2, -0.15) is 0 Å². The molecule has 10 heteroatoms. The quantitative estimate of drug-likeness (QED) is 0.436. The highest BCUT2D eigenvalue weighted by atomic mass is 32.2. The number of likely N-dealkylation sites (N-methyl/N-ethyl adjacent to an activating group) is 1. The SMILES string of the molecule is CCOC(=O)C(=O)N1CCN([C@@H](C)C(=O)N(C)[C@H]2CCS(=O)(=O)C2)CC1. The molecule has 9 nitrogen and oxygen atoms in total. The molecule has 148 valence electrons. The maximum atomic E-state index is 12.7. The van der Waals surface area contributed by atoms with E-state index in [1.54, 1.807) is 20.9 Å². The molecule has 2 fully saturated rings. The number of amides is 2. The lowest BCUT2D eigenvalue weighted by Crippen LogP contribution is -2.57. The van der Waals surface area contributed by atoms with Crippen LogP contribution in [0.15, 0.2) is 0 Å². The number of hydrogen-bond donors (Lipinski definition) is 0. The van der Waals surface area contributed by atoms with Crippen LogP contribution in [0.25, 0.3) is 0 Å². The van der Waals surface area contributed by atoms with Crippen molar-refractivity contribution in [3.8, 4) is 0 Å². The number of carbonyl (C=O) groups is 3. The van der Waals surface area contributed by atoms with Gasteiger partial charge in [-0.25, -0.2) is 13.2 Å². The smallest absolute Gasteiger partial charge is 0.397 e. The van der Waals surface area contributed by atoms with Gasteiger partial charge in [0.15, 0.2) is 9.84 Å². The molecule has 2 heterocycles. The zero-order valence-corrected chi connectivity index (χ0v) is 16.3. The fraction of sp³-hybridized carbons (Fsp3) is 0.812. The number of hydrogen-bond acceptors (Lipinski definition) is 7. The van der Waals surface area contributed by atoms with Gasteiger partial charge in [-0.05, 0) is 20.3 Å². The maximum absolute atomic E-state index is 12.7. The third-order valence-electron chi connectivity index (χ3n) is 5.06. The summed E-state index contributed by atoms with van der Waals surface area (Å²) >= 11 is 0. The Kier molecular flexibility index (Phi) is 6.62. The van der Waals surface area contributed by atoms with Gasteiger partial charge >= 0.3 is 11.9 Å². The molecule has 2 atom stereocenters. The predicted molar refractivity (Wildman–Crippen MR) is 94.1 cm³/mol. The molecule has 0 saturated carbocycles. The Hall–Kier alpha value is -1.68. The van der Waals surface area contributed by atoms with Crippen LogP contribution < -0.4 is 0 Å². The van der Waals surface area contributed by atoms with Crippen molar-refractivity contribution >= 4 is 27.6 Å². The minimum Gasteiger partial charge on any atom is -0.459 e. The van der Waals surface area contributed by atoms with Crippen molar-refractivity contribution in [1.82, 2.24) is 14.7 Å². The highest BCUT2D eigenvalue weighted by Gasteiger charge is 2.36. The van der Waals surface area contributed by atoms with Crippen LogP contribution in [-0.2, 0) is 29.0 Å². The lowest BCUT2D eigenvalue weighted by atomic mass is 10.1. The van der Waals surface area contributed by atoms with E-state index >= 15 is 0 Å². The van der Waals surface area contributed by atoms with Crippen molar-refractivity contribution < 1.29 is 27.5 Å². The number of rotatable bonds is 4. The van der Waals surface area contributed by atoms with Crippen molar-refractivity contribution in [1.29, 1.82) is 0 Å². The Morgan fingerprint density at radius 1 is 1.19 bits per heavy atom. The molecule has 0 aromatic heterocycles. The summed E-state index contributed by atoms with van der Waals surface area (Å²) in [6.07, 6.45) is 0.471. The number of esters is 1. The molecule has 0 radical (unpaired) electrons. The zero-order chi connectivity index (χ0) is 19.5. The van der Waals surface area contributed by atoms with Gasteiger partial charge in [-0.1, -0.05) is 0 Å². The third kappa shape index (κ3) is 4.73. The van der Waals surface area contributed by atoms with Gasteiger partial charge in [0.25, 0.3) is 0 Å². The van der Waals surface area contributed by atoms with Crippen LogP contribution in [0.1, 0.15) is 20.3 Å². The lowest BCUT2D eigenvalue weighted by molar-refractivity contribution is -0.161. The third-order valence-corrected chi connectivity index (χ3v) is 6.81. The van der Waals surface area contributed by atoms with Crippen molar-refractivity contribution in [2.45, 2.75) is 32.4 Å². The van der Waals surface area contributed by atoms with Crippen LogP contribution in [0.2, 0.25) is 0 Å². The molecule has 0 N–H and O–H groups in total. The maximum Gasteiger partial charge on any atom is 0.397 e. The van der Waals surface area contributed by atoms with Gasteiger partial charge in [0.1, 0.15) is 0 Å². The van der Waals surface area contributed by atoms with Crippen LogP contribution in [-0.4, -0.2) is 104 Å². The van der Waals surface area contributed by atoms with Crippen molar-refractivity contribution in [2.24, 2.45) is 0 Å². The van der Waals surface area contributed by atoms with E-state index in [2.05, 4.69) is 0 Å². The van der Waals surface area contributed by atoms with E-state index in [0.29, 0.717) is 32.6 Å². The molecular weight excluding hydrogens is 362 g/mol. The molecular formula is C16H27N3O6S. The van der Waals surface area contributed by atoms with E-state index in [9.17, 15) is 22.8 Å². The van der Waals surface area contributed by atoms with E-state index in [-0.39, 0.29) is 30.1 Å². The molecule has 2 aliphatic heterocycles. The van der Waals surface area contributed by atoms with E-state index < -0.39 is 27.8 Å². The second-order valence-electron chi connectivity index (χ2n) is 6.73. The average Bonchev–Trinajstić information content (AvgIpc) is 2.99.